The minimum absolute atomic E-state index is 0.00736. The molecule has 3 aromatic rings. The Morgan fingerprint density at radius 2 is 1.83 bits per heavy atom. The standard InChI is InChI=1S/C21H15F3N4O/c1-28-19(29)21(27-20(28)25,16-7-8-26-11-18(16)24)13-4-2-3-12(9-13)15-10-14(22)5-6-17(15)23/h2-11H,1H3,(H2,25,27). The first kappa shape index (κ1) is 18.7. The zero-order chi connectivity index (χ0) is 20.8. The molecule has 0 aliphatic carbocycles. The molecule has 0 saturated carbocycles. The molecule has 29 heavy (non-hydrogen) atoms. The molecule has 1 atom stereocenters. The minimum Gasteiger partial charge on any atom is -0.369 e. The van der Waals surface area contributed by atoms with Crippen LogP contribution >= 0.6 is 0 Å². The molecular formula is C21H15F3N4O. The van der Waals surface area contributed by atoms with Gasteiger partial charge in [-0.1, -0.05) is 18.2 Å². The number of carbonyl (C=O) groups is 1. The smallest absolute Gasteiger partial charge is 0.266 e. The highest BCUT2D eigenvalue weighted by Crippen LogP contribution is 2.41. The van der Waals surface area contributed by atoms with E-state index >= 15 is 0 Å². The summed E-state index contributed by atoms with van der Waals surface area (Å²) >= 11 is 0. The van der Waals surface area contributed by atoms with Gasteiger partial charge in [0.25, 0.3) is 5.91 Å². The molecule has 1 amide bonds. The zero-order valence-corrected chi connectivity index (χ0v) is 15.2. The van der Waals surface area contributed by atoms with Crippen LogP contribution < -0.4 is 5.73 Å². The van der Waals surface area contributed by atoms with Gasteiger partial charge in [0.15, 0.2) is 11.5 Å². The predicted octanol–water partition coefficient (Wildman–Crippen LogP) is 3.20. The number of rotatable bonds is 3. The van der Waals surface area contributed by atoms with Crippen molar-refractivity contribution in [2.75, 3.05) is 7.05 Å². The molecule has 1 aliphatic rings. The Kier molecular flexibility index (Phi) is 4.34. The number of hydrogen-bond acceptors (Lipinski definition) is 4. The van der Waals surface area contributed by atoms with Gasteiger partial charge in [0.05, 0.1) is 6.20 Å². The normalized spacial score (nSPS) is 18.8. The van der Waals surface area contributed by atoms with E-state index in [1.165, 1.54) is 25.4 Å². The van der Waals surface area contributed by atoms with Crippen molar-refractivity contribution in [3.05, 3.63) is 89.5 Å². The van der Waals surface area contributed by atoms with Gasteiger partial charge in [-0.2, -0.15) is 0 Å². The second kappa shape index (κ2) is 6.73. The lowest BCUT2D eigenvalue weighted by molar-refractivity contribution is -0.129. The van der Waals surface area contributed by atoms with Crippen molar-refractivity contribution in [1.82, 2.24) is 9.88 Å². The lowest BCUT2D eigenvalue weighted by Crippen LogP contribution is -2.41. The maximum atomic E-state index is 14.7. The first-order valence-corrected chi connectivity index (χ1v) is 8.64. The van der Waals surface area contributed by atoms with Crippen LogP contribution in [0, 0.1) is 17.5 Å². The second-order valence-corrected chi connectivity index (χ2v) is 6.61. The van der Waals surface area contributed by atoms with Gasteiger partial charge in [0.1, 0.15) is 17.5 Å². The molecule has 0 bridgehead atoms. The fourth-order valence-electron chi connectivity index (χ4n) is 3.46. The monoisotopic (exact) mass is 396 g/mol. The van der Waals surface area contributed by atoms with Crippen LogP contribution in [0.15, 0.2) is 65.9 Å². The summed E-state index contributed by atoms with van der Waals surface area (Å²) in [4.78, 5) is 22.3. The molecule has 1 aliphatic heterocycles. The van der Waals surface area contributed by atoms with E-state index in [1.807, 2.05) is 0 Å². The van der Waals surface area contributed by atoms with Gasteiger partial charge in [-0.3, -0.25) is 14.7 Å². The van der Waals surface area contributed by atoms with Crippen LogP contribution in [0.5, 0.6) is 0 Å². The summed E-state index contributed by atoms with van der Waals surface area (Å²) in [6, 6.07) is 10.6. The summed E-state index contributed by atoms with van der Waals surface area (Å²) < 4.78 is 42.6. The Balaban J connectivity index is 1.98. The molecule has 2 N–H and O–H groups in total. The van der Waals surface area contributed by atoms with Crippen molar-refractivity contribution in [3.63, 3.8) is 0 Å². The molecule has 5 nitrogen and oxygen atoms in total. The number of nitrogens with two attached hydrogens (primary N) is 1. The number of aromatic nitrogens is 1. The molecule has 146 valence electrons. The van der Waals surface area contributed by atoms with E-state index in [0.29, 0.717) is 5.56 Å². The molecule has 1 unspecified atom stereocenters. The van der Waals surface area contributed by atoms with Crippen molar-refractivity contribution in [3.8, 4) is 11.1 Å². The van der Waals surface area contributed by atoms with Crippen LogP contribution in [0.4, 0.5) is 13.2 Å². The molecule has 0 fully saturated rings. The van der Waals surface area contributed by atoms with E-state index < -0.39 is 28.9 Å². The summed E-state index contributed by atoms with van der Waals surface area (Å²) in [5.74, 6) is -2.65. The lowest BCUT2D eigenvalue weighted by atomic mass is 9.82. The van der Waals surface area contributed by atoms with Crippen molar-refractivity contribution in [1.29, 1.82) is 0 Å². The fraction of sp³-hybridized carbons (Fsp3) is 0.0952. The lowest BCUT2D eigenvalue weighted by Gasteiger charge is -2.26. The molecule has 0 saturated heterocycles. The Morgan fingerprint density at radius 3 is 2.52 bits per heavy atom. The third-order valence-electron chi connectivity index (χ3n) is 4.92. The Labute approximate surface area is 164 Å². The predicted molar refractivity (Wildman–Crippen MR) is 101 cm³/mol. The highest BCUT2D eigenvalue weighted by molar-refractivity contribution is 6.09. The molecule has 1 aromatic heterocycles. The topological polar surface area (TPSA) is 71.6 Å². The average Bonchev–Trinajstić information content (AvgIpc) is 2.95. The summed E-state index contributed by atoms with van der Waals surface area (Å²) in [6.45, 7) is 0. The summed E-state index contributed by atoms with van der Waals surface area (Å²) in [5, 5.41) is 0. The Hall–Kier alpha value is -3.68. The van der Waals surface area contributed by atoms with E-state index in [2.05, 4.69) is 9.98 Å². The Bertz CT molecular complexity index is 1160. The minimum atomic E-state index is -1.80. The number of likely N-dealkylation sites (N-methyl/N-ethyl adjacent to an activating group) is 1. The number of aliphatic imine (C=N–C) groups is 1. The highest BCUT2D eigenvalue weighted by Gasteiger charge is 2.51. The third-order valence-corrected chi connectivity index (χ3v) is 4.92. The van der Waals surface area contributed by atoms with Crippen molar-refractivity contribution >= 4 is 11.9 Å². The molecule has 2 aromatic carbocycles. The maximum absolute atomic E-state index is 14.7. The molecule has 8 heteroatoms. The van der Waals surface area contributed by atoms with E-state index in [-0.39, 0.29) is 22.6 Å². The van der Waals surface area contributed by atoms with Crippen molar-refractivity contribution in [2.45, 2.75) is 5.54 Å². The summed E-state index contributed by atoms with van der Waals surface area (Å²) in [6.07, 6.45) is 2.32. The number of hydrogen-bond donors (Lipinski definition) is 1. The molecule has 0 radical (unpaired) electrons. The van der Waals surface area contributed by atoms with Crippen LogP contribution in [0.25, 0.3) is 11.1 Å². The highest BCUT2D eigenvalue weighted by atomic mass is 19.1. The largest absolute Gasteiger partial charge is 0.369 e. The zero-order valence-electron chi connectivity index (χ0n) is 15.2. The van der Waals surface area contributed by atoms with E-state index in [0.717, 1.165) is 29.3 Å². The average molecular weight is 396 g/mol. The first-order valence-electron chi connectivity index (χ1n) is 8.64. The SMILES string of the molecule is CN1C(=O)C(c2cccc(-c3cc(F)ccc3F)c2)(c2ccncc2F)N=C1N. The first-order chi connectivity index (χ1) is 13.8. The molecular weight excluding hydrogens is 381 g/mol. The maximum Gasteiger partial charge on any atom is 0.266 e. The number of nitrogens with zero attached hydrogens (tertiary/aromatic N) is 3. The number of pyridine rings is 1. The fourth-order valence-corrected chi connectivity index (χ4v) is 3.46. The van der Waals surface area contributed by atoms with Gasteiger partial charge in [0.2, 0.25) is 0 Å². The van der Waals surface area contributed by atoms with E-state index in [9.17, 15) is 18.0 Å². The number of carbonyl (C=O) groups excluding carboxylic acids is 1. The summed E-state index contributed by atoms with van der Waals surface area (Å²) in [5.41, 5.74) is 4.61. The van der Waals surface area contributed by atoms with E-state index in [4.69, 9.17) is 5.73 Å². The molecule has 2 heterocycles. The molecule has 0 spiro atoms. The van der Waals surface area contributed by atoms with Gasteiger partial charge < -0.3 is 5.73 Å². The van der Waals surface area contributed by atoms with Crippen LogP contribution in [-0.2, 0) is 10.3 Å². The van der Waals surface area contributed by atoms with Crippen LogP contribution in [-0.4, -0.2) is 28.8 Å². The second-order valence-electron chi connectivity index (χ2n) is 6.61. The van der Waals surface area contributed by atoms with Crippen molar-refractivity contribution < 1.29 is 18.0 Å². The molecule has 4 rings (SSSR count). The van der Waals surface area contributed by atoms with Gasteiger partial charge in [0, 0.05) is 24.4 Å². The van der Waals surface area contributed by atoms with Crippen LogP contribution in [0.1, 0.15) is 11.1 Å². The number of guanidine groups is 1. The summed E-state index contributed by atoms with van der Waals surface area (Å²) in [7, 11) is 1.43. The Morgan fingerprint density at radius 1 is 1.03 bits per heavy atom. The third kappa shape index (κ3) is 2.84. The van der Waals surface area contributed by atoms with Crippen LogP contribution in [0.2, 0.25) is 0 Å². The van der Waals surface area contributed by atoms with E-state index in [1.54, 1.807) is 18.2 Å². The van der Waals surface area contributed by atoms with Gasteiger partial charge >= 0.3 is 0 Å². The van der Waals surface area contributed by atoms with Crippen LogP contribution in [0.3, 0.4) is 0 Å². The quantitative estimate of drug-likeness (QED) is 0.739. The van der Waals surface area contributed by atoms with Gasteiger partial charge in [-0.05, 0) is 41.5 Å². The number of benzene rings is 2. The number of amides is 1. The van der Waals surface area contributed by atoms with Gasteiger partial charge in [-0.15, -0.1) is 0 Å². The number of halogens is 3. The van der Waals surface area contributed by atoms with Gasteiger partial charge in [-0.25, -0.2) is 18.2 Å². The van der Waals surface area contributed by atoms with Crippen molar-refractivity contribution in [2.24, 2.45) is 10.7 Å².